The molecule has 0 saturated carbocycles. The number of hydrogen-bond acceptors (Lipinski definition) is 4. The maximum atomic E-state index is 11.9. The average molecular weight is 295 g/mol. The zero-order valence-corrected chi connectivity index (χ0v) is 12.1. The van der Waals surface area contributed by atoms with Crippen molar-refractivity contribution in [1.29, 1.82) is 0 Å². The van der Waals surface area contributed by atoms with E-state index in [1.165, 1.54) is 18.3 Å². The molecule has 0 spiro atoms. The van der Waals surface area contributed by atoms with Crippen LogP contribution in [0.15, 0.2) is 23.2 Å². The summed E-state index contributed by atoms with van der Waals surface area (Å²) in [5.74, 6) is 0.919. The molecule has 1 atom stereocenters. The van der Waals surface area contributed by atoms with Gasteiger partial charge in [-0.1, -0.05) is 11.6 Å². The molecule has 1 N–H and O–H groups in total. The molecule has 1 unspecified atom stereocenters. The predicted molar refractivity (Wildman–Crippen MR) is 72.0 cm³/mol. The second-order valence-electron chi connectivity index (χ2n) is 3.62. The summed E-state index contributed by atoms with van der Waals surface area (Å²) in [6.07, 6.45) is 4.04. The van der Waals surface area contributed by atoms with E-state index in [0.717, 1.165) is 12.2 Å². The first-order valence-electron chi connectivity index (χ1n) is 5.08. The van der Waals surface area contributed by atoms with Crippen LogP contribution < -0.4 is 4.72 Å². The lowest BCUT2D eigenvalue weighted by Gasteiger charge is -2.13. The molecule has 0 aliphatic rings. The first-order chi connectivity index (χ1) is 7.95. The van der Waals surface area contributed by atoms with Gasteiger partial charge in [-0.25, -0.2) is 18.1 Å². The third kappa shape index (κ3) is 4.83. The van der Waals surface area contributed by atoms with E-state index in [1.54, 1.807) is 11.8 Å². The van der Waals surface area contributed by atoms with E-state index < -0.39 is 10.0 Å². The average Bonchev–Trinajstić information content (AvgIpc) is 2.26. The number of thioether (sulfide) groups is 1. The fourth-order valence-electron chi connectivity index (χ4n) is 1.21. The van der Waals surface area contributed by atoms with Gasteiger partial charge in [0.1, 0.15) is 10.0 Å². The predicted octanol–water partition coefficient (Wildman–Crippen LogP) is 2.15. The number of nitrogens with one attached hydrogen (secondary N) is 1. The minimum Gasteiger partial charge on any atom is -0.243 e. The Morgan fingerprint density at radius 3 is 2.76 bits per heavy atom. The normalized spacial score (nSPS) is 13.6. The molecule has 1 aromatic heterocycles. The van der Waals surface area contributed by atoms with Crippen molar-refractivity contribution in [2.24, 2.45) is 0 Å². The summed E-state index contributed by atoms with van der Waals surface area (Å²) < 4.78 is 26.4. The van der Waals surface area contributed by atoms with Crippen LogP contribution in [0.4, 0.5) is 0 Å². The summed E-state index contributed by atoms with van der Waals surface area (Å²) in [5.41, 5.74) is 0. The zero-order valence-electron chi connectivity index (χ0n) is 9.68. The van der Waals surface area contributed by atoms with Gasteiger partial charge in [-0.15, -0.1) is 0 Å². The second-order valence-corrected chi connectivity index (χ2v) is 6.71. The van der Waals surface area contributed by atoms with Crippen LogP contribution >= 0.6 is 23.4 Å². The minimum absolute atomic E-state index is 0.0943. The van der Waals surface area contributed by atoms with Gasteiger partial charge in [-0.05, 0) is 37.5 Å². The smallest absolute Gasteiger partial charge is 0.242 e. The maximum absolute atomic E-state index is 11.9. The number of aromatic nitrogens is 1. The van der Waals surface area contributed by atoms with Gasteiger partial charge in [0.15, 0.2) is 0 Å². The van der Waals surface area contributed by atoms with Gasteiger partial charge in [-0.2, -0.15) is 11.8 Å². The van der Waals surface area contributed by atoms with E-state index in [0.29, 0.717) is 0 Å². The highest BCUT2D eigenvalue weighted by Crippen LogP contribution is 2.12. The third-order valence-electron chi connectivity index (χ3n) is 2.12. The molecule has 0 saturated heterocycles. The van der Waals surface area contributed by atoms with Gasteiger partial charge in [0.05, 0.1) is 0 Å². The molecule has 0 aliphatic heterocycles. The molecule has 96 valence electrons. The first-order valence-corrected chi connectivity index (χ1v) is 8.34. The molecule has 0 amide bonds. The Morgan fingerprint density at radius 1 is 1.53 bits per heavy atom. The van der Waals surface area contributed by atoms with Crippen LogP contribution in [0.5, 0.6) is 0 Å². The zero-order chi connectivity index (χ0) is 12.9. The number of sulfonamides is 1. The van der Waals surface area contributed by atoms with Crippen LogP contribution in [-0.4, -0.2) is 31.5 Å². The molecule has 4 nitrogen and oxygen atoms in total. The summed E-state index contributed by atoms with van der Waals surface area (Å²) in [7, 11) is -3.49. The van der Waals surface area contributed by atoms with Crippen LogP contribution in [0.1, 0.15) is 13.3 Å². The SMILES string of the molecule is CSCCC(C)NS(=O)(=O)c1ccc(Cl)nc1. The summed E-state index contributed by atoms with van der Waals surface area (Å²) in [6, 6.07) is 2.81. The Morgan fingerprint density at radius 2 is 2.24 bits per heavy atom. The Hall–Kier alpha value is -0.300. The lowest BCUT2D eigenvalue weighted by atomic mass is 10.3. The number of halogens is 1. The Labute approximate surface area is 111 Å². The van der Waals surface area contributed by atoms with Crippen LogP contribution in [0, 0.1) is 0 Å². The fourth-order valence-corrected chi connectivity index (χ4v) is 3.13. The molecule has 0 bridgehead atoms. The molecule has 0 radical (unpaired) electrons. The van der Waals surface area contributed by atoms with Crippen LogP contribution in [0.3, 0.4) is 0 Å². The molecule has 1 rings (SSSR count). The van der Waals surface area contributed by atoms with Crippen molar-refractivity contribution in [1.82, 2.24) is 9.71 Å². The highest BCUT2D eigenvalue weighted by molar-refractivity contribution is 7.98. The van der Waals surface area contributed by atoms with E-state index in [4.69, 9.17) is 11.6 Å². The topological polar surface area (TPSA) is 59.1 Å². The Bertz CT molecular complexity index is 448. The standard InChI is InChI=1S/C10H15ClN2O2S2/c1-8(5-6-16-2)13-17(14,15)9-3-4-10(11)12-7-9/h3-4,7-8,13H,5-6H2,1-2H3. The summed E-state index contributed by atoms with van der Waals surface area (Å²) in [5, 5.41) is 0.277. The highest BCUT2D eigenvalue weighted by Gasteiger charge is 2.17. The van der Waals surface area contributed by atoms with Crippen LogP contribution in [-0.2, 0) is 10.0 Å². The van der Waals surface area contributed by atoms with Gasteiger partial charge in [0.2, 0.25) is 10.0 Å². The number of pyridine rings is 1. The van der Waals surface area contributed by atoms with Crippen molar-refractivity contribution < 1.29 is 8.42 Å². The molecule has 0 fully saturated rings. The molecular weight excluding hydrogens is 280 g/mol. The second kappa shape index (κ2) is 6.58. The highest BCUT2D eigenvalue weighted by atomic mass is 35.5. The number of hydrogen-bond donors (Lipinski definition) is 1. The monoisotopic (exact) mass is 294 g/mol. The minimum atomic E-state index is -3.49. The van der Waals surface area contributed by atoms with E-state index >= 15 is 0 Å². The number of rotatable bonds is 6. The Balaban J connectivity index is 2.71. The van der Waals surface area contributed by atoms with Crippen LogP contribution in [0.2, 0.25) is 5.15 Å². The maximum Gasteiger partial charge on any atom is 0.242 e. The van der Waals surface area contributed by atoms with Crippen molar-refractivity contribution in [2.45, 2.75) is 24.3 Å². The quantitative estimate of drug-likeness (QED) is 0.817. The van der Waals surface area contributed by atoms with E-state index in [-0.39, 0.29) is 16.1 Å². The van der Waals surface area contributed by atoms with Crippen molar-refractivity contribution >= 4 is 33.4 Å². The summed E-state index contributed by atoms with van der Waals surface area (Å²) in [4.78, 5) is 3.89. The van der Waals surface area contributed by atoms with Crippen molar-refractivity contribution in [3.63, 3.8) is 0 Å². The number of nitrogens with zero attached hydrogens (tertiary/aromatic N) is 1. The van der Waals surface area contributed by atoms with Crippen molar-refractivity contribution in [3.05, 3.63) is 23.5 Å². The van der Waals surface area contributed by atoms with E-state index in [9.17, 15) is 8.42 Å². The molecule has 1 aromatic rings. The molecular formula is C10H15ClN2O2S2. The molecule has 0 aromatic carbocycles. The summed E-state index contributed by atoms with van der Waals surface area (Å²) in [6.45, 7) is 1.84. The lowest BCUT2D eigenvalue weighted by Crippen LogP contribution is -2.33. The largest absolute Gasteiger partial charge is 0.243 e. The Kier molecular flexibility index (Phi) is 5.72. The summed E-state index contributed by atoms with van der Waals surface area (Å²) >= 11 is 7.30. The van der Waals surface area contributed by atoms with Crippen molar-refractivity contribution in [3.8, 4) is 0 Å². The van der Waals surface area contributed by atoms with E-state index in [1.807, 2.05) is 13.2 Å². The van der Waals surface area contributed by atoms with Crippen LogP contribution in [0.25, 0.3) is 0 Å². The third-order valence-corrected chi connectivity index (χ3v) is 4.56. The first kappa shape index (κ1) is 14.8. The molecule has 17 heavy (non-hydrogen) atoms. The molecule has 0 aliphatic carbocycles. The lowest BCUT2D eigenvalue weighted by molar-refractivity contribution is 0.556. The molecule has 1 heterocycles. The van der Waals surface area contributed by atoms with Gasteiger partial charge < -0.3 is 0 Å². The van der Waals surface area contributed by atoms with E-state index in [2.05, 4.69) is 9.71 Å². The van der Waals surface area contributed by atoms with Gasteiger partial charge >= 0.3 is 0 Å². The van der Waals surface area contributed by atoms with Gasteiger partial charge in [0.25, 0.3) is 0 Å². The fraction of sp³-hybridized carbons (Fsp3) is 0.500. The van der Waals surface area contributed by atoms with Gasteiger partial charge in [0, 0.05) is 12.2 Å². The van der Waals surface area contributed by atoms with Gasteiger partial charge in [-0.3, -0.25) is 0 Å². The molecule has 7 heteroatoms. The van der Waals surface area contributed by atoms with Crippen molar-refractivity contribution in [2.75, 3.05) is 12.0 Å².